The molecule has 8 unspecified atom stereocenters. The van der Waals surface area contributed by atoms with Crippen LogP contribution in [0.25, 0.3) is 0 Å². The lowest BCUT2D eigenvalue weighted by atomic mass is 9.65. The number of hydrogen-bond donors (Lipinski definition) is 0. The van der Waals surface area contributed by atoms with E-state index in [1.165, 1.54) is 11.3 Å². The molecular weight excluding hydrogens is 322 g/mol. The summed E-state index contributed by atoms with van der Waals surface area (Å²) in [5.41, 5.74) is 0.564. The van der Waals surface area contributed by atoms with Crippen LogP contribution >= 0.6 is 11.6 Å². The molecule has 1 heterocycles. The minimum absolute atomic E-state index is 0.00389. The quantitative estimate of drug-likeness (QED) is 0.446. The van der Waals surface area contributed by atoms with Gasteiger partial charge in [-0.25, -0.2) is 4.90 Å². The first kappa shape index (κ1) is 13.7. The molecule has 1 saturated heterocycles. The maximum Gasteiger partial charge on any atom is 0.238 e. The van der Waals surface area contributed by atoms with Crippen molar-refractivity contribution in [1.82, 2.24) is 0 Å². The zero-order chi connectivity index (χ0) is 16.2. The van der Waals surface area contributed by atoms with Gasteiger partial charge < -0.3 is 0 Å². The number of carbonyl (C=O) groups excluding carboxylic acids is 2. The van der Waals surface area contributed by atoms with Crippen LogP contribution in [0.5, 0.6) is 0 Å². The van der Waals surface area contributed by atoms with Gasteiger partial charge in [0, 0.05) is 0 Å². The van der Waals surface area contributed by atoms with E-state index in [0.717, 1.165) is 6.42 Å². The molecule has 5 aliphatic rings. The van der Waals surface area contributed by atoms with Gasteiger partial charge in [0.05, 0.1) is 22.5 Å². The SMILES string of the molecule is O=C1C2C3CC(C2C(=O)N1c1ccccc1Cl)C1C2C=CC(C2)C31. The van der Waals surface area contributed by atoms with E-state index in [0.29, 0.717) is 46.2 Å². The van der Waals surface area contributed by atoms with E-state index in [4.69, 9.17) is 11.6 Å². The highest BCUT2D eigenvalue weighted by molar-refractivity contribution is 6.36. The molecule has 0 spiro atoms. The number of anilines is 1. The Labute approximate surface area is 145 Å². The summed E-state index contributed by atoms with van der Waals surface area (Å²) in [5, 5.41) is 0.480. The molecule has 1 aliphatic heterocycles. The number of halogens is 1. The summed E-state index contributed by atoms with van der Waals surface area (Å²) >= 11 is 6.28. The van der Waals surface area contributed by atoms with E-state index in [9.17, 15) is 9.59 Å². The third-order valence-electron chi connectivity index (χ3n) is 7.53. The van der Waals surface area contributed by atoms with E-state index in [1.54, 1.807) is 12.1 Å². The lowest BCUT2D eigenvalue weighted by molar-refractivity contribution is -0.123. The number of hydrogen-bond acceptors (Lipinski definition) is 2. The molecule has 8 atom stereocenters. The molecule has 6 rings (SSSR count). The summed E-state index contributed by atoms with van der Waals surface area (Å²) in [7, 11) is 0. The number of allylic oxidation sites excluding steroid dienone is 2. The van der Waals surface area contributed by atoms with Crippen LogP contribution in [0.15, 0.2) is 36.4 Å². The van der Waals surface area contributed by atoms with Gasteiger partial charge in [-0.2, -0.15) is 0 Å². The zero-order valence-electron chi connectivity index (χ0n) is 13.1. The highest BCUT2D eigenvalue weighted by Gasteiger charge is 2.71. The van der Waals surface area contributed by atoms with Crippen LogP contribution in [-0.2, 0) is 9.59 Å². The Balaban J connectivity index is 1.43. The number of fused-ring (bicyclic) bond motifs is 12. The number of rotatable bonds is 1. The van der Waals surface area contributed by atoms with Crippen LogP contribution in [0.3, 0.4) is 0 Å². The molecule has 0 radical (unpaired) electrons. The normalized spacial score (nSPS) is 47.0. The van der Waals surface area contributed by atoms with Crippen molar-refractivity contribution in [3.8, 4) is 0 Å². The Morgan fingerprint density at radius 1 is 0.875 bits per heavy atom. The topological polar surface area (TPSA) is 37.4 Å². The van der Waals surface area contributed by atoms with Crippen LogP contribution in [0.2, 0.25) is 5.02 Å². The summed E-state index contributed by atoms with van der Waals surface area (Å²) in [4.78, 5) is 27.7. The molecule has 4 heteroatoms. The maximum atomic E-state index is 13.2. The number of imide groups is 1. The Bertz CT molecular complexity index is 776. The lowest BCUT2D eigenvalue weighted by Crippen LogP contribution is -2.38. The van der Waals surface area contributed by atoms with Crippen molar-refractivity contribution in [2.45, 2.75) is 12.8 Å². The monoisotopic (exact) mass is 339 g/mol. The summed E-state index contributed by atoms with van der Waals surface area (Å²) < 4.78 is 0. The number of nitrogens with zero attached hydrogens (tertiary/aromatic N) is 1. The highest BCUT2D eigenvalue weighted by atomic mass is 35.5. The average molecular weight is 340 g/mol. The molecule has 122 valence electrons. The van der Waals surface area contributed by atoms with Crippen molar-refractivity contribution >= 4 is 29.1 Å². The van der Waals surface area contributed by atoms with Gasteiger partial charge in [-0.3, -0.25) is 9.59 Å². The van der Waals surface area contributed by atoms with Crippen LogP contribution < -0.4 is 4.90 Å². The molecule has 4 aliphatic carbocycles. The number of carbonyl (C=O) groups is 2. The van der Waals surface area contributed by atoms with Gasteiger partial charge in [-0.1, -0.05) is 35.9 Å². The van der Waals surface area contributed by atoms with Gasteiger partial charge in [0.15, 0.2) is 0 Å². The van der Waals surface area contributed by atoms with E-state index >= 15 is 0 Å². The molecule has 0 aromatic heterocycles. The van der Waals surface area contributed by atoms with E-state index in [2.05, 4.69) is 12.2 Å². The van der Waals surface area contributed by atoms with Gasteiger partial charge in [0.1, 0.15) is 0 Å². The van der Waals surface area contributed by atoms with Crippen molar-refractivity contribution in [3.63, 3.8) is 0 Å². The van der Waals surface area contributed by atoms with Crippen molar-refractivity contribution in [2.75, 3.05) is 4.90 Å². The van der Waals surface area contributed by atoms with Crippen LogP contribution in [-0.4, -0.2) is 11.8 Å². The summed E-state index contributed by atoms with van der Waals surface area (Å²) in [5.74, 6) is 3.14. The largest absolute Gasteiger partial charge is 0.274 e. The third kappa shape index (κ3) is 1.39. The fourth-order valence-corrected chi connectivity index (χ4v) is 7.21. The maximum absolute atomic E-state index is 13.2. The molecule has 24 heavy (non-hydrogen) atoms. The predicted octanol–water partition coefficient (Wildman–Crippen LogP) is 3.53. The Kier molecular flexibility index (Phi) is 2.46. The van der Waals surface area contributed by atoms with Gasteiger partial charge >= 0.3 is 0 Å². The zero-order valence-corrected chi connectivity index (χ0v) is 13.9. The van der Waals surface area contributed by atoms with Crippen molar-refractivity contribution in [1.29, 1.82) is 0 Å². The second-order valence-electron chi connectivity index (χ2n) is 8.18. The molecule has 4 bridgehead atoms. The van der Waals surface area contributed by atoms with Crippen molar-refractivity contribution in [2.24, 2.45) is 47.3 Å². The first-order valence-corrected chi connectivity index (χ1v) is 9.35. The van der Waals surface area contributed by atoms with E-state index in [1.807, 2.05) is 12.1 Å². The Hall–Kier alpha value is -1.61. The molecule has 1 aromatic rings. The summed E-state index contributed by atoms with van der Waals surface area (Å²) in [6, 6.07) is 7.20. The smallest absolute Gasteiger partial charge is 0.238 e. The van der Waals surface area contributed by atoms with Crippen molar-refractivity contribution < 1.29 is 9.59 Å². The fraction of sp³-hybridized carbons (Fsp3) is 0.500. The van der Waals surface area contributed by atoms with Crippen LogP contribution in [0.4, 0.5) is 5.69 Å². The number of benzene rings is 1. The Morgan fingerprint density at radius 3 is 2.04 bits per heavy atom. The molecule has 0 N–H and O–H groups in total. The number of amides is 2. The minimum Gasteiger partial charge on any atom is -0.274 e. The molecule has 4 fully saturated rings. The minimum atomic E-state index is -0.104. The lowest BCUT2D eigenvalue weighted by Gasteiger charge is -2.36. The third-order valence-corrected chi connectivity index (χ3v) is 7.85. The predicted molar refractivity (Wildman–Crippen MR) is 90.2 cm³/mol. The average Bonchev–Trinajstić information content (AvgIpc) is 3.35. The van der Waals surface area contributed by atoms with Crippen molar-refractivity contribution in [3.05, 3.63) is 41.4 Å². The molecule has 3 nitrogen and oxygen atoms in total. The number of para-hydroxylation sites is 1. The standard InChI is InChI=1S/C20H18ClNO2/c21-13-3-1-2-4-14(13)22-19(23)17-11-8-12(18(17)20(22)24)16-10-6-5-9(7-10)15(11)16/h1-6,9-12,15-18H,7-8H2. The van der Waals surface area contributed by atoms with Gasteiger partial charge in [-0.15, -0.1) is 0 Å². The molecular formula is C20H18ClNO2. The fourth-order valence-electron chi connectivity index (χ4n) is 6.99. The first-order chi connectivity index (χ1) is 11.7. The summed E-state index contributed by atoms with van der Waals surface area (Å²) in [6.45, 7) is 0. The summed E-state index contributed by atoms with van der Waals surface area (Å²) in [6.07, 6.45) is 7.06. The molecule has 2 amide bonds. The second-order valence-corrected chi connectivity index (χ2v) is 8.59. The van der Waals surface area contributed by atoms with Gasteiger partial charge in [0.2, 0.25) is 11.8 Å². The highest BCUT2D eigenvalue weighted by Crippen LogP contribution is 2.70. The van der Waals surface area contributed by atoms with E-state index in [-0.39, 0.29) is 23.7 Å². The van der Waals surface area contributed by atoms with Gasteiger partial charge in [-0.05, 0) is 60.5 Å². The Morgan fingerprint density at radius 2 is 1.46 bits per heavy atom. The first-order valence-electron chi connectivity index (χ1n) is 8.97. The van der Waals surface area contributed by atoms with E-state index < -0.39 is 0 Å². The van der Waals surface area contributed by atoms with Crippen LogP contribution in [0.1, 0.15) is 12.8 Å². The van der Waals surface area contributed by atoms with Crippen LogP contribution in [0, 0.1) is 47.3 Å². The second kappa shape index (κ2) is 4.32. The molecule has 3 saturated carbocycles. The van der Waals surface area contributed by atoms with Gasteiger partial charge in [0.25, 0.3) is 0 Å². The molecule has 1 aromatic carbocycles.